The molecule has 1 nitrogen and oxygen atoms in total. The lowest BCUT2D eigenvalue weighted by Gasteiger charge is -2.00. The van der Waals surface area contributed by atoms with Crippen molar-refractivity contribution in [3.05, 3.63) is 90.0 Å². The van der Waals surface area contributed by atoms with Gasteiger partial charge < -0.3 is 5.11 Å². The van der Waals surface area contributed by atoms with Gasteiger partial charge in [0.05, 0.1) is 0 Å². The Morgan fingerprint density at radius 2 is 0.952 bits per heavy atom. The molecule has 0 unspecified atom stereocenters. The van der Waals surface area contributed by atoms with Gasteiger partial charge in [-0.1, -0.05) is 77.9 Å². The van der Waals surface area contributed by atoms with Crippen LogP contribution in [-0.4, -0.2) is 5.11 Å². The number of aromatic hydroxyl groups is 1. The summed E-state index contributed by atoms with van der Waals surface area (Å²) in [4.78, 5) is 0. The average molecular weight is 276 g/mol. The summed E-state index contributed by atoms with van der Waals surface area (Å²) in [5.74, 6) is 0.329. The maximum absolute atomic E-state index is 8.76. The zero-order chi connectivity index (χ0) is 15.1. The Bertz CT molecular complexity index is 631. The number of hydrogen-bond donors (Lipinski definition) is 1. The highest BCUT2D eigenvalue weighted by atomic mass is 16.3. The van der Waals surface area contributed by atoms with Crippen molar-refractivity contribution >= 4 is 0 Å². The Morgan fingerprint density at radius 1 is 0.524 bits per heavy atom. The van der Waals surface area contributed by atoms with E-state index in [1.807, 2.05) is 25.1 Å². The second-order valence-electron chi connectivity index (χ2n) is 5.07. The lowest BCUT2D eigenvalue weighted by atomic mass is 10.0. The van der Waals surface area contributed by atoms with Crippen molar-refractivity contribution in [2.45, 2.75) is 13.8 Å². The second-order valence-corrected chi connectivity index (χ2v) is 5.07. The van der Waals surface area contributed by atoms with Crippen molar-refractivity contribution in [3.8, 4) is 16.9 Å². The molecule has 0 aliphatic carbocycles. The van der Waals surface area contributed by atoms with Gasteiger partial charge in [0.1, 0.15) is 5.75 Å². The fraction of sp³-hybridized carbons (Fsp3) is 0.100. The van der Waals surface area contributed by atoms with Gasteiger partial charge in [-0.25, -0.2) is 0 Å². The fourth-order valence-electron chi connectivity index (χ4n) is 1.92. The highest BCUT2D eigenvalue weighted by Gasteiger charge is 1.93. The summed E-state index contributed by atoms with van der Waals surface area (Å²) in [6.07, 6.45) is 0. The minimum Gasteiger partial charge on any atom is -0.508 e. The zero-order valence-corrected chi connectivity index (χ0v) is 12.5. The molecule has 21 heavy (non-hydrogen) atoms. The Labute approximate surface area is 126 Å². The summed E-state index contributed by atoms with van der Waals surface area (Å²) < 4.78 is 0. The molecule has 3 rings (SSSR count). The van der Waals surface area contributed by atoms with E-state index < -0.39 is 0 Å². The number of hydrogen-bond acceptors (Lipinski definition) is 1. The van der Waals surface area contributed by atoms with Crippen LogP contribution >= 0.6 is 0 Å². The molecular formula is C20H20O. The van der Waals surface area contributed by atoms with E-state index in [1.165, 1.54) is 22.3 Å². The minimum atomic E-state index is 0.329. The van der Waals surface area contributed by atoms with Gasteiger partial charge in [0.2, 0.25) is 0 Å². The lowest BCUT2D eigenvalue weighted by Crippen LogP contribution is -1.76. The van der Waals surface area contributed by atoms with Crippen LogP contribution in [0.1, 0.15) is 11.1 Å². The first kappa shape index (κ1) is 14.9. The Kier molecular flexibility index (Phi) is 5.16. The molecule has 0 saturated heterocycles. The van der Waals surface area contributed by atoms with Crippen LogP contribution in [0.5, 0.6) is 5.75 Å². The summed E-state index contributed by atoms with van der Waals surface area (Å²) in [5, 5.41) is 8.76. The van der Waals surface area contributed by atoms with E-state index in [4.69, 9.17) is 5.11 Å². The third-order valence-electron chi connectivity index (χ3n) is 3.19. The van der Waals surface area contributed by atoms with E-state index in [1.54, 1.807) is 12.1 Å². The maximum Gasteiger partial charge on any atom is 0.115 e. The smallest absolute Gasteiger partial charge is 0.115 e. The van der Waals surface area contributed by atoms with Gasteiger partial charge >= 0.3 is 0 Å². The van der Waals surface area contributed by atoms with Gasteiger partial charge in [0, 0.05) is 0 Å². The number of aryl methyl sites for hydroxylation is 2. The number of phenols is 1. The highest BCUT2D eigenvalue weighted by Crippen LogP contribution is 2.18. The van der Waals surface area contributed by atoms with Crippen LogP contribution in [0.15, 0.2) is 78.9 Å². The van der Waals surface area contributed by atoms with Crippen LogP contribution in [0, 0.1) is 13.8 Å². The molecule has 0 aromatic heterocycles. The van der Waals surface area contributed by atoms with Gasteiger partial charge in [-0.3, -0.25) is 0 Å². The van der Waals surface area contributed by atoms with Gasteiger partial charge in [-0.05, 0) is 37.1 Å². The van der Waals surface area contributed by atoms with E-state index in [-0.39, 0.29) is 0 Å². The maximum atomic E-state index is 8.76. The molecule has 0 bridgehead atoms. The van der Waals surface area contributed by atoms with Crippen molar-refractivity contribution in [1.29, 1.82) is 0 Å². The van der Waals surface area contributed by atoms with Crippen LogP contribution in [0.4, 0.5) is 0 Å². The van der Waals surface area contributed by atoms with Crippen molar-refractivity contribution < 1.29 is 5.11 Å². The molecule has 0 spiro atoms. The first-order chi connectivity index (χ1) is 10.1. The quantitative estimate of drug-likeness (QED) is 0.634. The number of phenolic OH excluding ortho intramolecular Hbond substituents is 1. The topological polar surface area (TPSA) is 20.2 Å². The van der Waals surface area contributed by atoms with Crippen LogP contribution in [-0.2, 0) is 0 Å². The highest BCUT2D eigenvalue weighted by molar-refractivity contribution is 5.63. The van der Waals surface area contributed by atoms with Crippen LogP contribution in [0.25, 0.3) is 11.1 Å². The summed E-state index contributed by atoms with van der Waals surface area (Å²) in [5.41, 5.74) is 5.04. The second kappa shape index (κ2) is 7.30. The number of benzene rings is 3. The Balaban J connectivity index is 0.000000173. The molecule has 0 heterocycles. The summed E-state index contributed by atoms with van der Waals surface area (Å²) >= 11 is 0. The Hall–Kier alpha value is -2.54. The average Bonchev–Trinajstić information content (AvgIpc) is 2.52. The van der Waals surface area contributed by atoms with Crippen LogP contribution in [0.3, 0.4) is 0 Å². The van der Waals surface area contributed by atoms with E-state index in [9.17, 15) is 0 Å². The van der Waals surface area contributed by atoms with E-state index in [2.05, 4.69) is 55.5 Å². The molecule has 0 aliphatic rings. The van der Waals surface area contributed by atoms with Crippen molar-refractivity contribution in [3.63, 3.8) is 0 Å². The SMILES string of the molecule is Cc1ccc(-c2ccccc2)cc1.Cc1ccc(O)cc1. The van der Waals surface area contributed by atoms with E-state index in [0.717, 1.165) is 0 Å². The predicted octanol–water partition coefficient (Wildman–Crippen LogP) is 5.36. The predicted molar refractivity (Wildman–Crippen MR) is 89.5 cm³/mol. The third kappa shape index (κ3) is 4.81. The fourth-order valence-corrected chi connectivity index (χ4v) is 1.92. The van der Waals surface area contributed by atoms with Crippen molar-refractivity contribution in [2.75, 3.05) is 0 Å². The molecule has 3 aromatic carbocycles. The molecule has 0 atom stereocenters. The van der Waals surface area contributed by atoms with Crippen LogP contribution in [0.2, 0.25) is 0 Å². The minimum absolute atomic E-state index is 0.329. The molecule has 0 fully saturated rings. The third-order valence-corrected chi connectivity index (χ3v) is 3.19. The standard InChI is InChI=1S/C13H12.C7H8O/c1-11-7-9-13(10-8-11)12-5-3-2-4-6-12;1-6-2-4-7(8)5-3-6/h2-10H,1H3;2-5,8H,1H3. The lowest BCUT2D eigenvalue weighted by molar-refractivity contribution is 0.475. The van der Waals surface area contributed by atoms with Gasteiger partial charge in [-0.15, -0.1) is 0 Å². The monoisotopic (exact) mass is 276 g/mol. The van der Waals surface area contributed by atoms with Gasteiger partial charge in [0.15, 0.2) is 0 Å². The van der Waals surface area contributed by atoms with Gasteiger partial charge in [-0.2, -0.15) is 0 Å². The van der Waals surface area contributed by atoms with Gasteiger partial charge in [0.25, 0.3) is 0 Å². The molecule has 0 radical (unpaired) electrons. The molecule has 0 amide bonds. The first-order valence-corrected chi connectivity index (χ1v) is 7.03. The van der Waals surface area contributed by atoms with Crippen LogP contribution < -0.4 is 0 Å². The summed E-state index contributed by atoms with van der Waals surface area (Å²) in [7, 11) is 0. The van der Waals surface area contributed by atoms with E-state index in [0.29, 0.717) is 5.75 Å². The van der Waals surface area contributed by atoms with Crippen molar-refractivity contribution in [1.82, 2.24) is 0 Å². The molecule has 106 valence electrons. The Morgan fingerprint density at radius 3 is 1.43 bits per heavy atom. The molecule has 1 heteroatoms. The largest absolute Gasteiger partial charge is 0.508 e. The first-order valence-electron chi connectivity index (χ1n) is 7.03. The van der Waals surface area contributed by atoms with E-state index >= 15 is 0 Å². The van der Waals surface area contributed by atoms with Crippen molar-refractivity contribution in [2.24, 2.45) is 0 Å². The molecule has 1 N–H and O–H groups in total. The molecule has 3 aromatic rings. The molecular weight excluding hydrogens is 256 g/mol. The zero-order valence-electron chi connectivity index (χ0n) is 12.5. The number of rotatable bonds is 1. The normalized spacial score (nSPS) is 9.62. The molecule has 0 saturated carbocycles. The summed E-state index contributed by atoms with van der Waals surface area (Å²) in [6, 6.07) is 26.1. The molecule has 0 aliphatic heterocycles. The summed E-state index contributed by atoms with van der Waals surface area (Å²) in [6.45, 7) is 4.09.